The van der Waals surface area contributed by atoms with Gasteiger partial charge in [-0.3, -0.25) is 9.69 Å². The molecule has 9 nitrogen and oxygen atoms in total. The first-order chi connectivity index (χ1) is 14.8. The van der Waals surface area contributed by atoms with Crippen molar-refractivity contribution in [1.82, 2.24) is 25.1 Å². The van der Waals surface area contributed by atoms with Crippen LogP contribution in [0.15, 0.2) is 60.9 Å². The fourth-order valence-corrected chi connectivity index (χ4v) is 3.31. The van der Waals surface area contributed by atoms with Crippen molar-refractivity contribution in [2.75, 3.05) is 44.8 Å². The zero-order valence-electron chi connectivity index (χ0n) is 16.6. The summed E-state index contributed by atoms with van der Waals surface area (Å²) in [5, 5.41) is 14.2. The van der Waals surface area contributed by atoms with Gasteiger partial charge in [0.2, 0.25) is 0 Å². The van der Waals surface area contributed by atoms with E-state index in [4.69, 9.17) is 9.47 Å². The van der Waals surface area contributed by atoms with Gasteiger partial charge in [-0.2, -0.15) is 0 Å². The van der Waals surface area contributed by atoms with Crippen molar-refractivity contribution in [1.29, 1.82) is 0 Å². The zero-order valence-corrected chi connectivity index (χ0v) is 16.6. The number of nitrogens with one attached hydrogen (secondary N) is 1. The van der Waals surface area contributed by atoms with Gasteiger partial charge in [0.05, 0.1) is 13.2 Å². The highest BCUT2D eigenvalue weighted by Crippen LogP contribution is 2.21. The second-order valence-corrected chi connectivity index (χ2v) is 6.92. The first-order valence-electron chi connectivity index (χ1n) is 9.91. The topological polar surface area (TPSA) is 94.4 Å². The number of carbonyl (C=O) groups excluding carboxylic acids is 1. The van der Waals surface area contributed by atoms with E-state index < -0.39 is 6.04 Å². The summed E-state index contributed by atoms with van der Waals surface area (Å²) < 4.78 is 12.6. The van der Waals surface area contributed by atoms with E-state index >= 15 is 0 Å². The van der Waals surface area contributed by atoms with Crippen LogP contribution in [0.5, 0.6) is 5.75 Å². The zero-order chi connectivity index (χ0) is 20.6. The van der Waals surface area contributed by atoms with E-state index in [-0.39, 0.29) is 5.91 Å². The Labute approximate surface area is 174 Å². The van der Waals surface area contributed by atoms with Crippen molar-refractivity contribution in [3.63, 3.8) is 0 Å². The van der Waals surface area contributed by atoms with E-state index in [1.807, 2.05) is 54.6 Å². The Balaban J connectivity index is 1.35. The fourth-order valence-electron chi connectivity index (χ4n) is 3.31. The molecule has 3 aromatic rings. The molecule has 30 heavy (non-hydrogen) atoms. The maximum absolute atomic E-state index is 13.0. The molecular formula is C21H24N6O3. The lowest BCUT2D eigenvalue weighted by Crippen LogP contribution is -2.38. The van der Waals surface area contributed by atoms with Gasteiger partial charge in [0.1, 0.15) is 18.7 Å². The quantitative estimate of drug-likeness (QED) is 0.605. The van der Waals surface area contributed by atoms with Gasteiger partial charge in [-0.05, 0) is 40.3 Å². The molecule has 1 aliphatic rings. The summed E-state index contributed by atoms with van der Waals surface area (Å²) in [7, 11) is 0. The van der Waals surface area contributed by atoms with Gasteiger partial charge in [0.15, 0.2) is 6.04 Å². The van der Waals surface area contributed by atoms with E-state index in [2.05, 4.69) is 25.7 Å². The Morgan fingerprint density at radius 3 is 2.57 bits per heavy atom. The van der Waals surface area contributed by atoms with Gasteiger partial charge in [0, 0.05) is 25.3 Å². The maximum atomic E-state index is 13.0. The molecule has 156 valence electrons. The average Bonchev–Trinajstić information content (AvgIpc) is 3.31. The number of nitrogens with zero attached hydrogens (tertiary/aromatic N) is 5. The Hall–Kier alpha value is -3.30. The molecule has 4 rings (SSSR count). The minimum Gasteiger partial charge on any atom is -0.492 e. The number of ether oxygens (including phenoxy) is 2. The number of carbonyl (C=O) groups is 1. The molecule has 1 amide bonds. The highest BCUT2D eigenvalue weighted by atomic mass is 16.5. The predicted molar refractivity (Wildman–Crippen MR) is 110 cm³/mol. The van der Waals surface area contributed by atoms with E-state index in [9.17, 15) is 4.79 Å². The van der Waals surface area contributed by atoms with Crippen molar-refractivity contribution in [2.45, 2.75) is 6.04 Å². The van der Waals surface area contributed by atoms with Crippen LogP contribution in [0.3, 0.4) is 0 Å². The van der Waals surface area contributed by atoms with Gasteiger partial charge in [-0.25, -0.2) is 4.68 Å². The Morgan fingerprint density at radius 2 is 1.87 bits per heavy atom. The van der Waals surface area contributed by atoms with Gasteiger partial charge in [0.25, 0.3) is 5.91 Å². The smallest absolute Gasteiger partial charge is 0.253 e. The van der Waals surface area contributed by atoms with Crippen molar-refractivity contribution in [3.05, 3.63) is 66.5 Å². The number of tetrazole rings is 1. The molecule has 0 spiro atoms. The minimum absolute atomic E-state index is 0.227. The number of rotatable bonds is 8. The molecule has 2 heterocycles. The maximum Gasteiger partial charge on any atom is 0.253 e. The summed E-state index contributed by atoms with van der Waals surface area (Å²) in [6.07, 6.45) is 1.43. The Kier molecular flexibility index (Phi) is 6.63. The second-order valence-electron chi connectivity index (χ2n) is 6.92. The molecule has 0 aliphatic carbocycles. The standard InChI is InChI=1S/C21H24N6O3/c28-21(20(27-16-22-24-25-27)17-4-2-1-3-5-17)23-18-6-8-19(9-7-18)30-15-12-26-10-13-29-14-11-26/h1-9,16,20H,10-15H2,(H,23,28). The molecule has 1 atom stereocenters. The number of hydrogen-bond donors (Lipinski definition) is 1. The van der Waals surface area contributed by atoms with Gasteiger partial charge < -0.3 is 14.8 Å². The minimum atomic E-state index is -0.661. The second kappa shape index (κ2) is 9.95. The van der Waals surface area contributed by atoms with Crippen LogP contribution < -0.4 is 10.1 Å². The predicted octanol–water partition coefficient (Wildman–Crippen LogP) is 1.61. The lowest BCUT2D eigenvalue weighted by molar-refractivity contribution is -0.118. The fraction of sp³-hybridized carbons (Fsp3) is 0.333. The molecule has 0 saturated carbocycles. The third kappa shape index (κ3) is 5.19. The molecule has 0 bridgehead atoms. The van der Waals surface area contributed by atoms with Crippen LogP contribution in [0, 0.1) is 0 Å². The monoisotopic (exact) mass is 408 g/mol. The van der Waals surface area contributed by atoms with E-state index in [1.54, 1.807) is 0 Å². The Morgan fingerprint density at radius 1 is 1.10 bits per heavy atom. The summed E-state index contributed by atoms with van der Waals surface area (Å²) >= 11 is 0. The van der Waals surface area contributed by atoms with Gasteiger partial charge >= 0.3 is 0 Å². The Bertz CT molecular complexity index is 912. The van der Waals surface area contributed by atoms with Crippen molar-refractivity contribution >= 4 is 11.6 Å². The van der Waals surface area contributed by atoms with Crippen LogP contribution >= 0.6 is 0 Å². The number of anilines is 1. The summed E-state index contributed by atoms with van der Waals surface area (Å²) in [4.78, 5) is 15.3. The number of morpholine rings is 1. The van der Waals surface area contributed by atoms with E-state index in [1.165, 1.54) is 11.0 Å². The summed E-state index contributed by atoms with van der Waals surface area (Å²) in [6.45, 7) is 4.93. The number of hydrogen-bond acceptors (Lipinski definition) is 7. The normalized spacial score (nSPS) is 15.5. The lowest BCUT2D eigenvalue weighted by atomic mass is 10.1. The molecule has 9 heteroatoms. The summed E-state index contributed by atoms with van der Waals surface area (Å²) in [5.74, 6) is 0.538. The number of benzene rings is 2. The van der Waals surface area contributed by atoms with Crippen LogP contribution in [-0.4, -0.2) is 70.5 Å². The molecule has 1 fully saturated rings. The average molecular weight is 408 g/mol. The molecule has 2 aromatic carbocycles. The van der Waals surface area contributed by atoms with Gasteiger partial charge in [-0.1, -0.05) is 30.3 Å². The third-order valence-corrected chi connectivity index (χ3v) is 4.89. The number of amides is 1. The summed E-state index contributed by atoms with van der Waals surface area (Å²) in [6, 6.07) is 16.1. The molecule has 1 saturated heterocycles. The highest BCUT2D eigenvalue weighted by molar-refractivity contribution is 5.95. The van der Waals surface area contributed by atoms with E-state index in [0.717, 1.165) is 44.2 Å². The van der Waals surface area contributed by atoms with Crippen molar-refractivity contribution in [3.8, 4) is 5.75 Å². The van der Waals surface area contributed by atoms with Gasteiger partial charge in [-0.15, -0.1) is 5.10 Å². The molecule has 1 N–H and O–H groups in total. The van der Waals surface area contributed by atoms with Crippen LogP contribution in [-0.2, 0) is 9.53 Å². The molecule has 1 aliphatic heterocycles. The molecule has 1 aromatic heterocycles. The largest absolute Gasteiger partial charge is 0.492 e. The number of aromatic nitrogens is 4. The first kappa shape index (κ1) is 20.0. The SMILES string of the molecule is O=C(Nc1ccc(OCCN2CCOCC2)cc1)C(c1ccccc1)n1cnnn1. The molecule has 0 radical (unpaired) electrons. The summed E-state index contributed by atoms with van der Waals surface area (Å²) in [5.41, 5.74) is 1.47. The first-order valence-corrected chi connectivity index (χ1v) is 9.91. The van der Waals surface area contributed by atoms with E-state index in [0.29, 0.717) is 12.3 Å². The molecule has 1 unspecified atom stereocenters. The van der Waals surface area contributed by atoms with Crippen LogP contribution in [0.1, 0.15) is 11.6 Å². The van der Waals surface area contributed by atoms with Crippen LogP contribution in [0.2, 0.25) is 0 Å². The molecular weight excluding hydrogens is 384 g/mol. The van der Waals surface area contributed by atoms with Crippen molar-refractivity contribution < 1.29 is 14.3 Å². The van der Waals surface area contributed by atoms with Crippen LogP contribution in [0.25, 0.3) is 0 Å². The third-order valence-electron chi connectivity index (χ3n) is 4.89. The highest BCUT2D eigenvalue weighted by Gasteiger charge is 2.24. The van der Waals surface area contributed by atoms with Crippen molar-refractivity contribution in [2.24, 2.45) is 0 Å². The lowest BCUT2D eigenvalue weighted by Gasteiger charge is -2.26. The van der Waals surface area contributed by atoms with Crippen LogP contribution in [0.4, 0.5) is 5.69 Å².